The Balaban J connectivity index is 2.22. The molecule has 1 N–H and O–H groups in total. The number of likely N-dealkylation sites (tertiary alicyclic amines) is 1. The molecule has 1 aliphatic heterocycles. The lowest BCUT2D eigenvalue weighted by Crippen LogP contribution is -2.50. The molecule has 2 rings (SSSR count). The molecule has 2 atom stereocenters. The lowest BCUT2D eigenvalue weighted by molar-refractivity contribution is -0.149. The minimum Gasteiger partial charge on any atom is -0.493 e. The Labute approximate surface area is 148 Å². The minimum absolute atomic E-state index is 0.00425. The van der Waals surface area contributed by atoms with Gasteiger partial charge in [-0.15, -0.1) is 0 Å². The molecule has 0 aromatic heterocycles. The lowest BCUT2D eigenvalue weighted by Gasteiger charge is -2.39. The van der Waals surface area contributed by atoms with Gasteiger partial charge in [0.1, 0.15) is 0 Å². The summed E-state index contributed by atoms with van der Waals surface area (Å²) in [6.45, 7) is 6.58. The largest absolute Gasteiger partial charge is 0.493 e. The maximum atomic E-state index is 13.1. The lowest BCUT2D eigenvalue weighted by atomic mass is 9.80. The fourth-order valence-corrected chi connectivity index (χ4v) is 3.44. The maximum Gasteiger partial charge on any atom is 0.306 e. The van der Waals surface area contributed by atoms with Gasteiger partial charge < -0.3 is 19.5 Å². The molecule has 0 bridgehead atoms. The number of hydrogen-bond acceptors (Lipinski definition) is 4. The van der Waals surface area contributed by atoms with E-state index in [4.69, 9.17) is 9.47 Å². The van der Waals surface area contributed by atoms with Crippen LogP contribution in [-0.4, -0.2) is 49.2 Å². The van der Waals surface area contributed by atoms with E-state index in [1.54, 1.807) is 25.2 Å². The molecule has 0 radical (unpaired) electrons. The van der Waals surface area contributed by atoms with Crippen molar-refractivity contribution in [1.29, 1.82) is 0 Å². The first-order chi connectivity index (χ1) is 11.7. The zero-order valence-electron chi connectivity index (χ0n) is 15.5. The highest BCUT2D eigenvalue weighted by atomic mass is 16.5. The summed E-state index contributed by atoms with van der Waals surface area (Å²) < 4.78 is 10.6. The summed E-state index contributed by atoms with van der Waals surface area (Å²) in [7, 11) is 3.14. The van der Waals surface area contributed by atoms with Gasteiger partial charge in [-0.25, -0.2) is 0 Å². The van der Waals surface area contributed by atoms with Gasteiger partial charge in [0, 0.05) is 13.1 Å². The number of ether oxygens (including phenoxy) is 2. The number of hydrogen-bond donors (Lipinski definition) is 1. The van der Waals surface area contributed by atoms with E-state index in [1.807, 2.05) is 32.9 Å². The molecule has 1 aromatic carbocycles. The van der Waals surface area contributed by atoms with Crippen LogP contribution in [-0.2, 0) is 15.0 Å². The van der Waals surface area contributed by atoms with Crippen LogP contribution in [0.15, 0.2) is 18.2 Å². The van der Waals surface area contributed by atoms with Crippen molar-refractivity contribution in [3.63, 3.8) is 0 Å². The number of carboxylic acid groups (broad SMARTS) is 1. The third kappa shape index (κ3) is 3.72. The van der Waals surface area contributed by atoms with Crippen molar-refractivity contribution < 1.29 is 24.2 Å². The average Bonchev–Trinajstić information content (AvgIpc) is 2.59. The predicted molar refractivity (Wildman–Crippen MR) is 94.1 cm³/mol. The quantitative estimate of drug-likeness (QED) is 0.884. The molecule has 138 valence electrons. The van der Waals surface area contributed by atoms with E-state index in [-0.39, 0.29) is 17.7 Å². The monoisotopic (exact) mass is 349 g/mol. The molecule has 1 aliphatic rings. The van der Waals surface area contributed by atoms with Crippen LogP contribution < -0.4 is 9.47 Å². The van der Waals surface area contributed by atoms with Gasteiger partial charge in [-0.1, -0.05) is 13.0 Å². The molecular formula is C19H27NO5. The number of piperidine rings is 1. The number of benzene rings is 1. The van der Waals surface area contributed by atoms with Gasteiger partial charge in [0.25, 0.3) is 0 Å². The van der Waals surface area contributed by atoms with Crippen LogP contribution in [0, 0.1) is 11.8 Å². The highest BCUT2D eigenvalue weighted by molar-refractivity contribution is 5.88. The third-order valence-corrected chi connectivity index (χ3v) is 5.15. The smallest absolute Gasteiger partial charge is 0.306 e. The molecule has 1 saturated heterocycles. The zero-order valence-corrected chi connectivity index (χ0v) is 15.5. The van der Waals surface area contributed by atoms with Crippen molar-refractivity contribution in [2.75, 3.05) is 27.3 Å². The molecule has 6 heteroatoms. The van der Waals surface area contributed by atoms with Gasteiger partial charge in [-0.05, 0) is 43.9 Å². The number of carboxylic acids is 1. The van der Waals surface area contributed by atoms with Crippen LogP contribution in [0.25, 0.3) is 0 Å². The van der Waals surface area contributed by atoms with Crippen molar-refractivity contribution in [2.45, 2.75) is 32.6 Å². The molecule has 0 aliphatic carbocycles. The van der Waals surface area contributed by atoms with Gasteiger partial charge in [0.15, 0.2) is 11.5 Å². The molecule has 25 heavy (non-hydrogen) atoms. The average molecular weight is 349 g/mol. The third-order valence-electron chi connectivity index (χ3n) is 5.15. The van der Waals surface area contributed by atoms with Crippen LogP contribution in [0.3, 0.4) is 0 Å². The highest BCUT2D eigenvalue weighted by Crippen LogP contribution is 2.35. The fraction of sp³-hybridized carbons (Fsp3) is 0.579. The molecule has 1 heterocycles. The zero-order chi connectivity index (χ0) is 18.8. The first kappa shape index (κ1) is 19.1. The molecule has 6 nitrogen and oxygen atoms in total. The van der Waals surface area contributed by atoms with E-state index < -0.39 is 11.4 Å². The normalized spacial score (nSPS) is 20.9. The van der Waals surface area contributed by atoms with E-state index in [2.05, 4.69) is 0 Å². The summed E-state index contributed by atoms with van der Waals surface area (Å²) in [6, 6.07) is 5.49. The first-order valence-electron chi connectivity index (χ1n) is 8.47. The Morgan fingerprint density at radius 1 is 1.20 bits per heavy atom. The number of amides is 1. The SMILES string of the molecule is COc1ccc(C(C)(C)C(=O)N2CCC(C(=O)O)C(C)C2)cc1OC. The summed E-state index contributed by atoms with van der Waals surface area (Å²) >= 11 is 0. The predicted octanol–water partition coefficient (Wildman–Crippen LogP) is 2.55. The van der Waals surface area contributed by atoms with Crippen LogP contribution in [0.5, 0.6) is 11.5 Å². The van der Waals surface area contributed by atoms with Crippen LogP contribution in [0.2, 0.25) is 0 Å². The van der Waals surface area contributed by atoms with Crippen molar-refractivity contribution >= 4 is 11.9 Å². The van der Waals surface area contributed by atoms with Crippen molar-refractivity contribution in [1.82, 2.24) is 4.90 Å². The van der Waals surface area contributed by atoms with Crippen LogP contribution >= 0.6 is 0 Å². The number of carbonyl (C=O) groups is 2. The van der Waals surface area contributed by atoms with E-state index in [9.17, 15) is 14.7 Å². The second-order valence-corrected chi connectivity index (χ2v) is 7.16. The molecule has 0 saturated carbocycles. The molecule has 1 amide bonds. The van der Waals surface area contributed by atoms with E-state index >= 15 is 0 Å². The molecule has 1 fully saturated rings. The summed E-state index contributed by atoms with van der Waals surface area (Å²) in [6.07, 6.45) is 0.490. The summed E-state index contributed by atoms with van der Waals surface area (Å²) in [4.78, 5) is 26.1. The van der Waals surface area contributed by atoms with Crippen molar-refractivity contribution in [3.8, 4) is 11.5 Å². The summed E-state index contributed by atoms with van der Waals surface area (Å²) in [5.74, 6) is -0.0250. The number of rotatable bonds is 5. The number of methoxy groups -OCH3 is 2. The van der Waals surface area contributed by atoms with Crippen molar-refractivity contribution in [3.05, 3.63) is 23.8 Å². The highest BCUT2D eigenvalue weighted by Gasteiger charge is 2.39. The number of aliphatic carboxylic acids is 1. The Bertz CT molecular complexity index is 655. The Morgan fingerprint density at radius 3 is 2.36 bits per heavy atom. The van der Waals surface area contributed by atoms with Gasteiger partial charge >= 0.3 is 5.97 Å². The Morgan fingerprint density at radius 2 is 1.84 bits per heavy atom. The van der Waals surface area contributed by atoms with E-state index in [0.29, 0.717) is 31.0 Å². The van der Waals surface area contributed by atoms with Gasteiger partial charge in [0.05, 0.1) is 25.6 Å². The fourth-order valence-electron chi connectivity index (χ4n) is 3.44. The van der Waals surface area contributed by atoms with E-state index in [0.717, 1.165) is 5.56 Å². The number of carbonyl (C=O) groups excluding carboxylic acids is 1. The second kappa shape index (κ2) is 7.33. The minimum atomic E-state index is -0.779. The topological polar surface area (TPSA) is 76.1 Å². The van der Waals surface area contributed by atoms with Crippen molar-refractivity contribution in [2.24, 2.45) is 11.8 Å². The van der Waals surface area contributed by atoms with Gasteiger partial charge in [-0.3, -0.25) is 9.59 Å². The summed E-state index contributed by atoms with van der Waals surface area (Å²) in [5.41, 5.74) is 0.0955. The molecule has 0 spiro atoms. The number of nitrogens with zero attached hydrogens (tertiary/aromatic N) is 1. The first-order valence-corrected chi connectivity index (χ1v) is 8.47. The van der Waals surface area contributed by atoms with Crippen LogP contribution in [0.1, 0.15) is 32.8 Å². The molecule has 2 unspecified atom stereocenters. The maximum absolute atomic E-state index is 13.1. The van der Waals surface area contributed by atoms with Gasteiger partial charge in [0.2, 0.25) is 5.91 Å². The second-order valence-electron chi connectivity index (χ2n) is 7.16. The molecule has 1 aromatic rings. The standard InChI is InChI=1S/C19H27NO5/c1-12-11-20(9-8-14(12)17(21)22)18(23)19(2,3)13-6-7-15(24-4)16(10-13)25-5/h6-7,10,12,14H,8-9,11H2,1-5H3,(H,21,22). The summed E-state index contributed by atoms with van der Waals surface area (Å²) in [5, 5.41) is 9.25. The van der Waals surface area contributed by atoms with Crippen LogP contribution in [0.4, 0.5) is 0 Å². The Hall–Kier alpha value is -2.24. The van der Waals surface area contributed by atoms with E-state index in [1.165, 1.54) is 0 Å². The Kier molecular flexibility index (Phi) is 5.60. The van der Waals surface area contributed by atoms with Gasteiger partial charge in [-0.2, -0.15) is 0 Å². The molecular weight excluding hydrogens is 322 g/mol.